The Labute approximate surface area is 462 Å². The molecule has 438 valence electrons. The first kappa shape index (κ1) is 72.3. The maximum Gasteiger partial charge on any atom is 0.305 e. The van der Waals surface area contributed by atoms with E-state index >= 15 is 0 Å². The second-order valence-corrected chi connectivity index (χ2v) is 23.1. The number of ether oxygens (including phenoxy) is 1. The van der Waals surface area contributed by atoms with Gasteiger partial charge in [-0.2, -0.15) is 0 Å². The normalized spacial score (nSPS) is 12.6. The number of nitrogens with one attached hydrogen (secondary N) is 1. The van der Waals surface area contributed by atoms with Crippen LogP contribution in [0, 0.1) is 0 Å². The van der Waals surface area contributed by atoms with E-state index in [9.17, 15) is 19.8 Å². The van der Waals surface area contributed by atoms with Crippen molar-refractivity contribution < 1.29 is 24.5 Å². The molecule has 0 aliphatic carbocycles. The third-order valence-electron chi connectivity index (χ3n) is 15.7. The second kappa shape index (κ2) is 63.9. The fraction of sp³-hybridized carbons (Fsp3) is 0.912. The maximum atomic E-state index is 12.5. The molecule has 0 heterocycles. The summed E-state index contributed by atoms with van der Waals surface area (Å²) in [7, 11) is 0. The number of esters is 1. The highest BCUT2D eigenvalue weighted by Gasteiger charge is 2.20. The summed E-state index contributed by atoms with van der Waals surface area (Å²) in [4.78, 5) is 24.6. The Bertz CT molecular complexity index is 1150. The van der Waals surface area contributed by atoms with Gasteiger partial charge < -0.3 is 20.3 Å². The molecule has 0 saturated carbocycles. The molecule has 0 aromatic carbocycles. The minimum Gasteiger partial charge on any atom is -0.466 e. The molecular formula is C68H131NO5. The Balaban J connectivity index is 3.45. The van der Waals surface area contributed by atoms with Crippen LogP contribution in [-0.4, -0.2) is 47.4 Å². The zero-order valence-corrected chi connectivity index (χ0v) is 50.1. The van der Waals surface area contributed by atoms with Gasteiger partial charge in [-0.1, -0.05) is 308 Å². The van der Waals surface area contributed by atoms with Crippen LogP contribution in [0.25, 0.3) is 0 Å². The highest BCUT2D eigenvalue weighted by Crippen LogP contribution is 2.18. The molecule has 0 rings (SSSR count). The van der Waals surface area contributed by atoms with Crippen molar-refractivity contribution in [3.63, 3.8) is 0 Å². The van der Waals surface area contributed by atoms with Crippen molar-refractivity contribution in [3.8, 4) is 0 Å². The minimum absolute atomic E-state index is 0.00504. The summed E-state index contributed by atoms with van der Waals surface area (Å²) in [6.45, 7) is 4.96. The van der Waals surface area contributed by atoms with Crippen molar-refractivity contribution in [2.24, 2.45) is 0 Å². The van der Waals surface area contributed by atoms with E-state index in [1.54, 1.807) is 0 Å². The zero-order chi connectivity index (χ0) is 53.6. The first-order valence-corrected chi connectivity index (χ1v) is 33.6. The molecule has 0 radical (unpaired) electrons. The van der Waals surface area contributed by atoms with Gasteiger partial charge in [-0.25, -0.2) is 0 Å². The smallest absolute Gasteiger partial charge is 0.305 e. The number of carbonyl (C=O) groups excluding carboxylic acids is 2. The molecule has 0 spiro atoms. The van der Waals surface area contributed by atoms with Crippen molar-refractivity contribution >= 4 is 11.9 Å². The van der Waals surface area contributed by atoms with Crippen LogP contribution >= 0.6 is 0 Å². The molecule has 0 aliphatic heterocycles. The molecule has 74 heavy (non-hydrogen) atoms. The van der Waals surface area contributed by atoms with Crippen LogP contribution < -0.4 is 5.32 Å². The van der Waals surface area contributed by atoms with Crippen LogP contribution in [0.5, 0.6) is 0 Å². The topological polar surface area (TPSA) is 95.9 Å². The molecule has 0 aliphatic rings. The van der Waals surface area contributed by atoms with Gasteiger partial charge in [-0.05, 0) is 77.0 Å². The Morgan fingerprint density at radius 1 is 0.365 bits per heavy atom. The monoisotopic (exact) mass is 1040 g/mol. The van der Waals surface area contributed by atoms with Gasteiger partial charge in [0.05, 0.1) is 25.4 Å². The van der Waals surface area contributed by atoms with E-state index in [-0.39, 0.29) is 18.5 Å². The average molecular weight is 1040 g/mol. The molecule has 3 N–H and O–H groups in total. The summed E-state index contributed by atoms with van der Waals surface area (Å²) in [5, 5.41) is 23.4. The SMILES string of the molecule is CCCCCCCC/C=C\CCCCCCCCCC(=O)OCCCCCCCCC/C=C\CCCCCCCC(=O)NC(CO)C(O)CCCCCCCCCCCCCCCCCCCCCCCCCC. The molecule has 2 unspecified atom stereocenters. The van der Waals surface area contributed by atoms with E-state index in [1.807, 2.05) is 0 Å². The number of rotatable bonds is 63. The first-order chi connectivity index (χ1) is 36.5. The highest BCUT2D eigenvalue weighted by atomic mass is 16.5. The quantitative estimate of drug-likeness (QED) is 0.0320. The lowest BCUT2D eigenvalue weighted by Gasteiger charge is -2.22. The Morgan fingerprint density at radius 2 is 0.635 bits per heavy atom. The molecule has 0 aromatic heterocycles. The standard InChI is InChI=1S/C68H131NO5/c1-3-5-7-9-11-13-15-17-19-21-22-23-24-25-26-27-29-32-36-40-44-48-52-56-60-66(71)65(64-70)69-67(72)61-57-53-49-45-41-37-33-30-31-35-39-43-47-51-55-59-63-74-68(73)62-58-54-50-46-42-38-34-28-20-18-16-14-12-10-8-6-4-2/h18,20,30,33,65-66,70-71H,3-17,19,21-29,31-32,34-64H2,1-2H3,(H,69,72)/b20-18-,33-30-. The van der Waals surface area contributed by atoms with Crippen LogP contribution in [0.1, 0.15) is 373 Å². The van der Waals surface area contributed by atoms with Crippen LogP contribution in [0.15, 0.2) is 24.3 Å². The molecular weight excluding hydrogens is 911 g/mol. The van der Waals surface area contributed by atoms with Gasteiger partial charge in [0.15, 0.2) is 0 Å². The molecule has 6 nitrogen and oxygen atoms in total. The van der Waals surface area contributed by atoms with Crippen molar-refractivity contribution in [2.45, 2.75) is 386 Å². The zero-order valence-electron chi connectivity index (χ0n) is 50.1. The van der Waals surface area contributed by atoms with Crippen molar-refractivity contribution in [1.82, 2.24) is 5.32 Å². The fourth-order valence-electron chi connectivity index (χ4n) is 10.6. The lowest BCUT2D eigenvalue weighted by Crippen LogP contribution is -2.45. The number of unbranched alkanes of at least 4 members (excludes halogenated alkanes) is 48. The average Bonchev–Trinajstić information content (AvgIpc) is 3.40. The van der Waals surface area contributed by atoms with Gasteiger partial charge in [0, 0.05) is 12.8 Å². The molecule has 1 amide bonds. The summed E-state index contributed by atoms with van der Waals surface area (Å²) in [5.74, 6) is -0.0531. The number of hydrogen-bond donors (Lipinski definition) is 3. The van der Waals surface area contributed by atoms with Crippen LogP contribution in [0.3, 0.4) is 0 Å². The fourth-order valence-corrected chi connectivity index (χ4v) is 10.6. The summed E-state index contributed by atoms with van der Waals surface area (Å²) in [6.07, 6.45) is 79.1. The summed E-state index contributed by atoms with van der Waals surface area (Å²) in [5.41, 5.74) is 0. The van der Waals surface area contributed by atoms with E-state index in [2.05, 4.69) is 43.5 Å². The maximum absolute atomic E-state index is 12.5. The van der Waals surface area contributed by atoms with E-state index in [0.717, 1.165) is 64.2 Å². The van der Waals surface area contributed by atoms with Crippen molar-refractivity contribution in [2.75, 3.05) is 13.2 Å². The second-order valence-electron chi connectivity index (χ2n) is 23.1. The van der Waals surface area contributed by atoms with Gasteiger partial charge in [0.1, 0.15) is 0 Å². The first-order valence-electron chi connectivity index (χ1n) is 33.6. The van der Waals surface area contributed by atoms with Gasteiger partial charge in [-0.15, -0.1) is 0 Å². The molecule has 6 heteroatoms. The molecule has 0 fully saturated rings. The summed E-state index contributed by atoms with van der Waals surface area (Å²) >= 11 is 0. The van der Waals surface area contributed by atoms with Crippen LogP contribution in [0.2, 0.25) is 0 Å². The summed E-state index contributed by atoms with van der Waals surface area (Å²) in [6, 6.07) is -0.555. The number of amides is 1. The minimum atomic E-state index is -0.676. The predicted octanol–water partition coefficient (Wildman–Crippen LogP) is 21.4. The number of aliphatic hydroxyl groups excluding tert-OH is 2. The third kappa shape index (κ3) is 59.6. The van der Waals surface area contributed by atoms with Gasteiger partial charge in [-0.3, -0.25) is 9.59 Å². The number of carbonyl (C=O) groups is 2. The van der Waals surface area contributed by atoms with Crippen LogP contribution in [0.4, 0.5) is 0 Å². The Hall–Kier alpha value is -1.66. The molecule has 0 aromatic rings. The summed E-state index contributed by atoms with van der Waals surface area (Å²) < 4.78 is 5.49. The Kier molecular flexibility index (Phi) is 62.4. The van der Waals surface area contributed by atoms with Gasteiger partial charge in [0.2, 0.25) is 5.91 Å². The molecule has 0 saturated heterocycles. The Morgan fingerprint density at radius 3 is 0.959 bits per heavy atom. The number of aliphatic hydroxyl groups is 2. The van der Waals surface area contributed by atoms with Gasteiger partial charge in [0.25, 0.3) is 0 Å². The van der Waals surface area contributed by atoms with E-state index < -0.39 is 12.1 Å². The number of hydrogen-bond acceptors (Lipinski definition) is 5. The van der Waals surface area contributed by atoms with E-state index in [1.165, 1.54) is 276 Å². The third-order valence-corrected chi connectivity index (χ3v) is 15.7. The van der Waals surface area contributed by atoms with E-state index in [0.29, 0.717) is 25.9 Å². The van der Waals surface area contributed by atoms with E-state index in [4.69, 9.17) is 4.74 Å². The van der Waals surface area contributed by atoms with Gasteiger partial charge >= 0.3 is 5.97 Å². The number of allylic oxidation sites excluding steroid dienone is 4. The van der Waals surface area contributed by atoms with Crippen LogP contribution in [-0.2, 0) is 14.3 Å². The lowest BCUT2D eigenvalue weighted by atomic mass is 10.0. The molecule has 0 bridgehead atoms. The molecule has 2 atom stereocenters. The lowest BCUT2D eigenvalue weighted by molar-refractivity contribution is -0.143. The van der Waals surface area contributed by atoms with Crippen molar-refractivity contribution in [3.05, 3.63) is 24.3 Å². The highest BCUT2D eigenvalue weighted by molar-refractivity contribution is 5.76. The van der Waals surface area contributed by atoms with Crippen molar-refractivity contribution in [1.29, 1.82) is 0 Å². The predicted molar refractivity (Wildman–Crippen MR) is 324 cm³/mol. The largest absolute Gasteiger partial charge is 0.466 e.